The fraction of sp³-hybridized carbons (Fsp3) is 0.125. The van der Waals surface area contributed by atoms with Gasteiger partial charge in [-0.05, 0) is 12.1 Å². The lowest BCUT2D eigenvalue weighted by molar-refractivity contribution is 0.0975. The summed E-state index contributed by atoms with van der Waals surface area (Å²) < 4.78 is 1.75. The van der Waals surface area contributed by atoms with E-state index >= 15 is 0 Å². The van der Waals surface area contributed by atoms with E-state index in [1.165, 1.54) is 0 Å². The first-order valence-electron chi connectivity index (χ1n) is 6.48. The third-order valence-corrected chi connectivity index (χ3v) is 3.40. The number of fused-ring (bicyclic) bond motifs is 1. The largest absolute Gasteiger partial charge is 0.328 e. The molecule has 0 aliphatic carbocycles. The molecule has 3 rings (SSSR count). The summed E-state index contributed by atoms with van der Waals surface area (Å²) in [7, 11) is 1.79. The Morgan fingerprint density at radius 2 is 2.00 bits per heavy atom. The molecule has 3 aromatic rings. The van der Waals surface area contributed by atoms with Crippen LogP contribution < -0.4 is 0 Å². The van der Waals surface area contributed by atoms with E-state index < -0.39 is 5.92 Å². The average molecular weight is 276 g/mol. The molecule has 102 valence electrons. The van der Waals surface area contributed by atoms with Crippen LogP contribution in [0.4, 0.5) is 0 Å². The van der Waals surface area contributed by atoms with Crippen molar-refractivity contribution in [2.45, 2.75) is 5.92 Å². The number of Topliss-reactive ketones (excluding diaryl/α,β-unsaturated/α-hetero) is 1. The molecule has 5 nitrogen and oxygen atoms in total. The number of rotatable bonds is 3. The van der Waals surface area contributed by atoms with Crippen molar-refractivity contribution in [1.82, 2.24) is 14.5 Å². The molecule has 1 unspecified atom stereocenters. The van der Waals surface area contributed by atoms with E-state index in [2.05, 4.69) is 16.0 Å². The SMILES string of the molecule is Cn1c(C(C#N)C(=O)c2ccccc2)nc2ncccc21. The van der Waals surface area contributed by atoms with E-state index in [-0.39, 0.29) is 5.78 Å². The Kier molecular flexibility index (Phi) is 3.20. The molecule has 2 heterocycles. The monoisotopic (exact) mass is 276 g/mol. The Morgan fingerprint density at radius 1 is 1.24 bits per heavy atom. The Balaban J connectivity index is 2.09. The molecule has 21 heavy (non-hydrogen) atoms. The Bertz CT molecular complexity index is 846. The van der Waals surface area contributed by atoms with Crippen molar-refractivity contribution >= 4 is 16.9 Å². The maximum absolute atomic E-state index is 12.5. The van der Waals surface area contributed by atoms with E-state index in [1.807, 2.05) is 12.1 Å². The number of ketones is 1. The van der Waals surface area contributed by atoms with Gasteiger partial charge >= 0.3 is 0 Å². The fourth-order valence-corrected chi connectivity index (χ4v) is 2.30. The first-order chi connectivity index (χ1) is 10.2. The van der Waals surface area contributed by atoms with E-state index in [9.17, 15) is 10.1 Å². The van der Waals surface area contributed by atoms with Crippen LogP contribution in [0.15, 0.2) is 48.7 Å². The fourth-order valence-electron chi connectivity index (χ4n) is 2.30. The Hall–Kier alpha value is -3.00. The van der Waals surface area contributed by atoms with Crippen LogP contribution in [0.25, 0.3) is 11.2 Å². The Morgan fingerprint density at radius 3 is 2.67 bits per heavy atom. The van der Waals surface area contributed by atoms with Crippen LogP contribution in [-0.4, -0.2) is 20.3 Å². The molecule has 1 atom stereocenters. The van der Waals surface area contributed by atoms with Gasteiger partial charge in [-0.25, -0.2) is 9.97 Å². The minimum atomic E-state index is -0.938. The molecule has 0 saturated heterocycles. The van der Waals surface area contributed by atoms with Crippen molar-refractivity contribution in [3.05, 3.63) is 60.0 Å². The maximum atomic E-state index is 12.5. The summed E-state index contributed by atoms with van der Waals surface area (Å²) in [5.41, 5.74) is 1.84. The number of nitrogens with zero attached hydrogens (tertiary/aromatic N) is 4. The summed E-state index contributed by atoms with van der Waals surface area (Å²) in [5.74, 6) is -0.775. The average Bonchev–Trinajstić information content (AvgIpc) is 2.86. The minimum Gasteiger partial charge on any atom is -0.328 e. The summed E-state index contributed by atoms with van der Waals surface area (Å²) in [5, 5.41) is 9.42. The molecule has 0 spiro atoms. The first kappa shape index (κ1) is 13.0. The number of carbonyl (C=O) groups is 1. The predicted molar refractivity (Wildman–Crippen MR) is 77.6 cm³/mol. The van der Waals surface area contributed by atoms with Crippen molar-refractivity contribution in [2.24, 2.45) is 7.05 Å². The lowest BCUT2D eigenvalue weighted by Crippen LogP contribution is -2.15. The van der Waals surface area contributed by atoms with Gasteiger partial charge in [0.1, 0.15) is 5.82 Å². The molecule has 0 aliphatic heterocycles. The lowest BCUT2D eigenvalue weighted by Gasteiger charge is -2.08. The molecular formula is C16H12N4O. The van der Waals surface area contributed by atoms with Gasteiger partial charge in [-0.15, -0.1) is 0 Å². The van der Waals surface area contributed by atoms with E-state index in [0.29, 0.717) is 17.0 Å². The van der Waals surface area contributed by atoms with Crippen LogP contribution in [0.2, 0.25) is 0 Å². The maximum Gasteiger partial charge on any atom is 0.187 e. The highest BCUT2D eigenvalue weighted by Gasteiger charge is 2.26. The molecule has 0 bridgehead atoms. The van der Waals surface area contributed by atoms with Gasteiger partial charge in [0.15, 0.2) is 17.3 Å². The summed E-state index contributed by atoms with van der Waals surface area (Å²) in [6.07, 6.45) is 1.64. The van der Waals surface area contributed by atoms with Crippen LogP contribution in [0.5, 0.6) is 0 Å². The zero-order valence-corrected chi connectivity index (χ0v) is 11.4. The quantitative estimate of drug-likeness (QED) is 0.689. The summed E-state index contributed by atoms with van der Waals surface area (Å²) in [4.78, 5) is 21.0. The van der Waals surface area contributed by atoms with Gasteiger partial charge in [0.2, 0.25) is 0 Å². The second-order valence-corrected chi connectivity index (χ2v) is 4.67. The number of benzene rings is 1. The first-order valence-corrected chi connectivity index (χ1v) is 6.48. The molecule has 0 aliphatic rings. The molecular weight excluding hydrogens is 264 g/mol. The zero-order valence-electron chi connectivity index (χ0n) is 11.4. The summed E-state index contributed by atoms with van der Waals surface area (Å²) in [6.45, 7) is 0. The van der Waals surface area contributed by atoms with Gasteiger partial charge in [0.05, 0.1) is 11.6 Å². The number of aryl methyl sites for hydroxylation is 1. The highest BCUT2D eigenvalue weighted by Crippen LogP contribution is 2.22. The number of hydrogen-bond donors (Lipinski definition) is 0. The van der Waals surface area contributed by atoms with Crippen molar-refractivity contribution in [2.75, 3.05) is 0 Å². The number of imidazole rings is 1. The second-order valence-electron chi connectivity index (χ2n) is 4.67. The lowest BCUT2D eigenvalue weighted by atomic mass is 9.98. The van der Waals surface area contributed by atoms with Gasteiger partial charge in [-0.3, -0.25) is 4.79 Å². The van der Waals surface area contributed by atoms with Crippen LogP contribution >= 0.6 is 0 Å². The molecule has 1 aromatic carbocycles. The summed E-state index contributed by atoms with van der Waals surface area (Å²) >= 11 is 0. The van der Waals surface area contributed by atoms with E-state index in [1.54, 1.807) is 48.1 Å². The number of aromatic nitrogens is 3. The van der Waals surface area contributed by atoms with Crippen LogP contribution in [0.3, 0.4) is 0 Å². The van der Waals surface area contributed by atoms with Gasteiger partial charge in [-0.2, -0.15) is 5.26 Å². The standard InChI is InChI=1S/C16H12N4O/c1-20-13-8-5-9-18-15(13)19-16(20)12(10-17)14(21)11-6-3-2-4-7-11/h2-9,12H,1H3. The topological polar surface area (TPSA) is 71.6 Å². The number of pyridine rings is 1. The molecule has 5 heteroatoms. The van der Waals surface area contributed by atoms with Crippen molar-refractivity contribution < 1.29 is 4.79 Å². The number of nitriles is 1. The number of hydrogen-bond acceptors (Lipinski definition) is 4. The van der Waals surface area contributed by atoms with Gasteiger partial charge in [0, 0.05) is 18.8 Å². The normalized spacial score (nSPS) is 12.0. The smallest absolute Gasteiger partial charge is 0.187 e. The van der Waals surface area contributed by atoms with E-state index in [0.717, 1.165) is 5.52 Å². The van der Waals surface area contributed by atoms with Gasteiger partial charge in [0.25, 0.3) is 0 Å². The van der Waals surface area contributed by atoms with Crippen LogP contribution in [0, 0.1) is 11.3 Å². The second kappa shape index (κ2) is 5.17. The van der Waals surface area contributed by atoms with Crippen LogP contribution in [0.1, 0.15) is 22.1 Å². The van der Waals surface area contributed by atoms with Crippen LogP contribution in [-0.2, 0) is 7.05 Å². The predicted octanol–water partition coefficient (Wildman–Crippen LogP) is 2.46. The highest BCUT2D eigenvalue weighted by molar-refractivity contribution is 6.02. The van der Waals surface area contributed by atoms with Gasteiger partial charge in [-0.1, -0.05) is 30.3 Å². The summed E-state index contributed by atoms with van der Waals surface area (Å²) in [6, 6.07) is 14.5. The number of carbonyl (C=O) groups excluding carboxylic acids is 1. The molecule has 0 N–H and O–H groups in total. The van der Waals surface area contributed by atoms with Crippen molar-refractivity contribution in [1.29, 1.82) is 5.26 Å². The zero-order chi connectivity index (χ0) is 14.8. The minimum absolute atomic E-state index is 0.253. The third kappa shape index (κ3) is 2.17. The van der Waals surface area contributed by atoms with E-state index in [4.69, 9.17) is 0 Å². The van der Waals surface area contributed by atoms with Crippen molar-refractivity contribution in [3.63, 3.8) is 0 Å². The Labute approximate surface area is 121 Å². The molecule has 2 aromatic heterocycles. The highest BCUT2D eigenvalue weighted by atomic mass is 16.1. The van der Waals surface area contributed by atoms with Gasteiger partial charge < -0.3 is 4.57 Å². The van der Waals surface area contributed by atoms with Crippen molar-refractivity contribution in [3.8, 4) is 6.07 Å². The molecule has 0 saturated carbocycles. The third-order valence-electron chi connectivity index (χ3n) is 3.40. The molecule has 0 amide bonds. The molecule has 0 radical (unpaired) electrons. The molecule has 0 fully saturated rings.